The lowest BCUT2D eigenvalue weighted by atomic mass is 9.71. The number of amides is 2. The fraction of sp³-hybridized carbons (Fsp3) is 0.500. The molecule has 1 aromatic carbocycles. The Morgan fingerprint density at radius 2 is 1.87 bits per heavy atom. The van der Waals surface area contributed by atoms with E-state index in [0.717, 1.165) is 30.5 Å². The van der Waals surface area contributed by atoms with Crippen molar-refractivity contribution in [3.05, 3.63) is 52.8 Å². The number of nitrogens with zero attached hydrogens (tertiary/aromatic N) is 3. The Kier molecular flexibility index (Phi) is 5.45. The molecule has 3 aliphatic rings. The molecule has 1 aromatic heterocycles. The minimum Gasteiger partial charge on any atom is -0.467 e. The molecule has 3 N–H and O–H groups in total. The van der Waals surface area contributed by atoms with Gasteiger partial charge in [-0.25, -0.2) is 20.2 Å². The molecular weight excluding hydrogens is 416 g/mol. The van der Waals surface area contributed by atoms with Gasteiger partial charge in [-0.05, 0) is 49.3 Å². The number of hydrazine groups is 1. The molecule has 5 rings (SSSR count). The van der Waals surface area contributed by atoms with Crippen LogP contribution in [0.2, 0.25) is 5.02 Å². The molecule has 2 aliphatic heterocycles. The standard InChI is InChI=1S/C22H27ClN6O2/c1-12(13-3-5-16(23)6-4-13)29-11-14-7-17-19(8-18(14)26-22(29)30)27-28-20(17)15-9-24-21(31-2)25-10-15/h3-6,9-10,12,14,17-20,27-28H,7-8,11H2,1-2H3,(H,26,30)/t12-,14?,17?,18?,19?,20?/m1/s1. The van der Waals surface area contributed by atoms with E-state index in [2.05, 4.69) is 33.1 Å². The lowest BCUT2D eigenvalue weighted by Crippen LogP contribution is -2.61. The number of benzene rings is 1. The summed E-state index contributed by atoms with van der Waals surface area (Å²) in [6.07, 6.45) is 5.58. The number of ether oxygens (including phenoxy) is 1. The van der Waals surface area contributed by atoms with E-state index in [-0.39, 0.29) is 24.2 Å². The molecule has 3 fully saturated rings. The topological polar surface area (TPSA) is 91.4 Å². The van der Waals surface area contributed by atoms with Gasteiger partial charge in [-0.3, -0.25) is 5.43 Å². The maximum Gasteiger partial charge on any atom is 0.318 e. The number of carbonyl (C=O) groups is 1. The summed E-state index contributed by atoms with van der Waals surface area (Å²) in [5.74, 6) is 0.790. The van der Waals surface area contributed by atoms with Gasteiger partial charge < -0.3 is 15.0 Å². The fourth-order valence-corrected chi connectivity index (χ4v) is 5.42. The van der Waals surface area contributed by atoms with Crippen LogP contribution in [0.1, 0.15) is 43.0 Å². The summed E-state index contributed by atoms with van der Waals surface area (Å²) < 4.78 is 5.09. The van der Waals surface area contributed by atoms with Gasteiger partial charge in [0.1, 0.15) is 0 Å². The molecule has 2 aromatic rings. The summed E-state index contributed by atoms with van der Waals surface area (Å²) in [6, 6.07) is 8.72. The van der Waals surface area contributed by atoms with E-state index in [0.29, 0.717) is 28.9 Å². The number of nitrogens with one attached hydrogen (secondary N) is 3. The first-order valence-electron chi connectivity index (χ1n) is 10.7. The van der Waals surface area contributed by atoms with Crippen molar-refractivity contribution in [1.82, 2.24) is 31.0 Å². The van der Waals surface area contributed by atoms with Crippen molar-refractivity contribution in [2.45, 2.75) is 43.9 Å². The van der Waals surface area contributed by atoms with Crippen LogP contribution >= 0.6 is 11.6 Å². The van der Waals surface area contributed by atoms with Crippen LogP contribution in [-0.2, 0) is 0 Å². The molecule has 3 heterocycles. The van der Waals surface area contributed by atoms with Crippen LogP contribution in [0, 0.1) is 11.8 Å². The van der Waals surface area contributed by atoms with Gasteiger partial charge in [0.2, 0.25) is 0 Å². The molecule has 0 bridgehead atoms. The zero-order valence-electron chi connectivity index (χ0n) is 17.6. The number of carbonyl (C=O) groups excluding carboxylic acids is 1. The second-order valence-electron chi connectivity index (χ2n) is 8.71. The first-order valence-corrected chi connectivity index (χ1v) is 11.1. The van der Waals surface area contributed by atoms with Gasteiger partial charge in [-0.2, -0.15) is 0 Å². The SMILES string of the molecule is COc1ncc(C2NNC3CC4NC(=O)N([C@H](C)c5ccc(Cl)cc5)CC4CC32)cn1. The van der Waals surface area contributed by atoms with E-state index >= 15 is 0 Å². The van der Waals surface area contributed by atoms with Crippen molar-refractivity contribution < 1.29 is 9.53 Å². The quantitative estimate of drug-likeness (QED) is 0.674. The number of methoxy groups -OCH3 is 1. The molecule has 2 amide bonds. The highest BCUT2D eigenvalue weighted by Gasteiger charge is 2.48. The van der Waals surface area contributed by atoms with Crippen LogP contribution < -0.4 is 20.9 Å². The van der Waals surface area contributed by atoms with Crippen molar-refractivity contribution in [3.8, 4) is 6.01 Å². The predicted molar refractivity (Wildman–Crippen MR) is 116 cm³/mol. The molecule has 0 spiro atoms. The minimum atomic E-state index is -0.0125. The first kappa shape index (κ1) is 20.5. The van der Waals surface area contributed by atoms with Crippen molar-refractivity contribution in [3.63, 3.8) is 0 Å². The fourth-order valence-electron chi connectivity index (χ4n) is 5.29. The highest BCUT2D eigenvalue weighted by Crippen LogP contribution is 2.42. The maximum absolute atomic E-state index is 12.9. The van der Waals surface area contributed by atoms with E-state index in [9.17, 15) is 4.79 Å². The average Bonchev–Trinajstić information content (AvgIpc) is 3.20. The second kappa shape index (κ2) is 8.26. The Morgan fingerprint density at radius 1 is 1.13 bits per heavy atom. The van der Waals surface area contributed by atoms with Crippen LogP contribution in [0.4, 0.5) is 4.79 Å². The lowest BCUT2D eigenvalue weighted by molar-refractivity contribution is 0.0835. The van der Waals surface area contributed by atoms with Crippen LogP contribution in [0.5, 0.6) is 6.01 Å². The van der Waals surface area contributed by atoms with E-state index in [1.54, 1.807) is 7.11 Å². The molecular formula is C22H27ClN6O2. The monoisotopic (exact) mass is 442 g/mol. The molecule has 9 heteroatoms. The summed E-state index contributed by atoms with van der Waals surface area (Å²) in [6.45, 7) is 2.82. The van der Waals surface area contributed by atoms with Gasteiger partial charge in [-0.15, -0.1) is 0 Å². The number of aromatic nitrogens is 2. The average molecular weight is 443 g/mol. The van der Waals surface area contributed by atoms with Crippen LogP contribution in [0.15, 0.2) is 36.7 Å². The third-order valence-corrected chi connectivity index (χ3v) is 7.28. The molecule has 8 nitrogen and oxygen atoms in total. The van der Waals surface area contributed by atoms with Crippen LogP contribution in [0.25, 0.3) is 0 Å². The van der Waals surface area contributed by atoms with Crippen molar-refractivity contribution >= 4 is 17.6 Å². The van der Waals surface area contributed by atoms with Gasteiger partial charge in [0, 0.05) is 41.6 Å². The molecule has 0 radical (unpaired) electrons. The zero-order chi connectivity index (χ0) is 21.5. The summed E-state index contributed by atoms with van der Waals surface area (Å²) in [7, 11) is 1.57. The van der Waals surface area contributed by atoms with Gasteiger partial charge >= 0.3 is 12.0 Å². The molecule has 2 saturated heterocycles. The normalized spacial score (nSPS) is 30.9. The zero-order valence-corrected chi connectivity index (χ0v) is 18.3. The van der Waals surface area contributed by atoms with Crippen molar-refractivity contribution in [2.24, 2.45) is 11.8 Å². The van der Waals surface area contributed by atoms with Gasteiger partial charge in [0.15, 0.2) is 0 Å². The highest BCUT2D eigenvalue weighted by molar-refractivity contribution is 6.30. The van der Waals surface area contributed by atoms with Gasteiger partial charge in [0.05, 0.1) is 19.2 Å². The van der Waals surface area contributed by atoms with E-state index in [1.807, 2.05) is 41.6 Å². The Labute approximate surface area is 186 Å². The predicted octanol–water partition coefficient (Wildman–Crippen LogP) is 2.84. The highest BCUT2D eigenvalue weighted by atomic mass is 35.5. The molecule has 164 valence electrons. The third-order valence-electron chi connectivity index (χ3n) is 7.03. The minimum absolute atomic E-state index is 0.00760. The molecule has 5 unspecified atom stereocenters. The summed E-state index contributed by atoms with van der Waals surface area (Å²) in [5, 5.41) is 3.97. The Hall–Kier alpha value is -2.42. The summed E-state index contributed by atoms with van der Waals surface area (Å²) in [4.78, 5) is 23.4. The smallest absolute Gasteiger partial charge is 0.318 e. The molecule has 1 saturated carbocycles. The second-order valence-corrected chi connectivity index (χ2v) is 9.14. The van der Waals surface area contributed by atoms with Crippen LogP contribution in [0.3, 0.4) is 0 Å². The maximum atomic E-state index is 12.9. The Morgan fingerprint density at radius 3 is 2.58 bits per heavy atom. The van der Waals surface area contributed by atoms with E-state index in [1.165, 1.54) is 0 Å². The number of hydrogen-bond donors (Lipinski definition) is 3. The number of urea groups is 1. The number of fused-ring (bicyclic) bond motifs is 2. The van der Waals surface area contributed by atoms with Gasteiger partial charge in [0.25, 0.3) is 0 Å². The molecule has 31 heavy (non-hydrogen) atoms. The summed E-state index contributed by atoms with van der Waals surface area (Å²) >= 11 is 6.03. The lowest BCUT2D eigenvalue weighted by Gasteiger charge is -2.47. The Balaban J connectivity index is 1.32. The molecule has 6 atom stereocenters. The van der Waals surface area contributed by atoms with Crippen molar-refractivity contribution in [2.75, 3.05) is 13.7 Å². The largest absolute Gasteiger partial charge is 0.467 e. The van der Waals surface area contributed by atoms with Gasteiger partial charge in [-0.1, -0.05) is 23.7 Å². The molecule has 1 aliphatic carbocycles. The number of rotatable bonds is 4. The van der Waals surface area contributed by atoms with Crippen LogP contribution in [-0.4, -0.2) is 46.6 Å². The third kappa shape index (κ3) is 3.84. The number of hydrogen-bond acceptors (Lipinski definition) is 6. The number of halogens is 1. The Bertz CT molecular complexity index is 940. The van der Waals surface area contributed by atoms with E-state index < -0.39 is 0 Å². The van der Waals surface area contributed by atoms with Crippen molar-refractivity contribution in [1.29, 1.82) is 0 Å². The summed E-state index contributed by atoms with van der Waals surface area (Å²) in [5.41, 5.74) is 9.00. The first-order chi connectivity index (χ1) is 15.0. The van der Waals surface area contributed by atoms with E-state index in [4.69, 9.17) is 16.3 Å².